The Hall–Kier alpha value is -3.01. The van der Waals surface area contributed by atoms with Crippen molar-refractivity contribution in [3.63, 3.8) is 0 Å². The number of terminal acetylenes is 1. The zero-order chi connectivity index (χ0) is 26.3. The lowest BCUT2D eigenvalue weighted by Gasteiger charge is -2.43. The summed E-state index contributed by atoms with van der Waals surface area (Å²) in [5, 5.41) is 5.64. The second-order valence-corrected chi connectivity index (χ2v) is 10.6. The third-order valence-electron chi connectivity index (χ3n) is 5.07. The minimum Gasteiger partial charge on any atom is -0.444 e. The molecule has 0 aliphatic carbocycles. The fraction of sp³-hybridized carbons (Fsp3) is 0.593. The summed E-state index contributed by atoms with van der Waals surface area (Å²) in [5.74, 6) is 1.88. The van der Waals surface area contributed by atoms with Crippen molar-refractivity contribution in [2.45, 2.75) is 104 Å². The molecular formula is C27H41N3O4. The van der Waals surface area contributed by atoms with Crippen LogP contribution < -0.4 is 10.6 Å². The third-order valence-corrected chi connectivity index (χ3v) is 5.07. The largest absolute Gasteiger partial charge is 0.444 e. The van der Waals surface area contributed by atoms with Gasteiger partial charge in [-0.15, -0.1) is 6.42 Å². The standard InChI is InChI=1S/C27H41N3O4/c1-11-13-18(3)28-23(31)22(21-16-14-20(12-2)15-17-21)30(26(5,6)7)24(32)19(4)29-25(33)34-27(8,9)10/h2,14-19,22H,11,13H2,1,3-10H3,(H,28,31)(H,29,33). The Balaban J connectivity index is 3.41. The maximum absolute atomic E-state index is 13.7. The van der Waals surface area contributed by atoms with Gasteiger partial charge in [0, 0.05) is 17.1 Å². The lowest BCUT2D eigenvalue weighted by atomic mass is 9.94. The van der Waals surface area contributed by atoms with Crippen LogP contribution in [0.3, 0.4) is 0 Å². The van der Waals surface area contributed by atoms with Crippen LogP contribution in [0.1, 0.15) is 92.3 Å². The number of rotatable bonds is 8. The zero-order valence-corrected chi connectivity index (χ0v) is 22.1. The van der Waals surface area contributed by atoms with Crippen LogP contribution in [0, 0.1) is 12.3 Å². The van der Waals surface area contributed by atoms with Crippen molar-refractivity contribution < 1.29 is 19.1 Å². The molecule has 34 heavy (non-hydrogen) atoms. The van der Waals surface area contributed by atoms with Gasteiger partial charge in [0.1, 0.15) is 17.7 Å². The van der Waals surface area contributed by atoms with Crippen LogP contribution in [0.4, 0.5) is 4.79 Å². The van der Waals surface area contributed by atoms with E-state index in [4.69, 9.17) is 11.2 Å². The molecule has 188 valence electrons. The first-order chi connectivity index (χ1) is 15.6. The number of nitrogens with one attached hydrogen (secondary N) is 2. The predicted octanol–water partition coefficient (Wildman–Crippen LogP) is 4.55. The molecule has 3 amide bonds. The Morgan fingerprint density at radius 3 is 2.03 bits per heavy atom. The number of carbonyl (C=O) groups is 3. The van der Waals surface area contributed by atoms with E-state index in [1.54, 1.807) is 52.0 Å². The molecule has 0 bridgehead atoms. The van der Waals surface area contributed by atoms with Crippen molar-refractivity contribution in [2.24, 2.45) is 0 Å². The molecule has 3 unspecified atom stereocenters. The highest BCUT2D eigenvalue weighted by molar-refractivity contribution is 5.92. The van der Waals surface area contributed by atoms with Crippen molar-refractivity contribution in [3.8, 4) is 12.3 Å². The van der Waals surface area contributed by atoms with Crippen LogP contribution in [0.25, 0.3) is 0 Å². The fourth-order valence-corrected chi connectivity index (χ4v) is 3.61. The van der Waals surface area contributed by atoms with Crippen molar-refractivity contribution in [1.82, 2.24) is 15.5 Å². The smallest absolute Gasteiger partial charge is 0.408 e. The van der Waals surface area contributed by atoms with E-state index in [1.807, 2.05) is 34.6 Å². The summed E-state index contributed by atoms with van der Waals surface area (Å²) in [6, 6.07) is 5.14. The Morgan fingerprint density at radius 2 is 1.59 bits per heavy atom. The topological polar surface area (TPSA) is 87.7 Å². The summed E-state index contributed by atoms with van der Waals surface area (Å²) < 4.78 is 5.30. The molecule has 3 atom stereocenters. The molecule has 7 nitrogen and oxygen atoms in total. The Labute approximate surface area is 205 Å². The summed E-state index contributed by atoms with van der Waals surface area (Å²) in [5.41, 5.74) is -0.127. The van der Waals surface area contributed by atoms with Gasteiger partial charge in [0.2, 0.25) is 11.8 Å². The van der Waals surface area contributed by atoms with Crippen molar-refractivity contribution in [3.05, 3.63) is 35.4 Å². The number of nitrogens with zero attached hydrogens (tertiary/aromatic N) is 1. The predicted molar refractivity (Wildman–Crippen MR) is 135 cm³/mol. The van der Waals surface area contributed by atoms with E-state index in [-0.39, 0.29) is 11.9 Å². The first kappa shape index (κ1) is 29.0. The molecule has 0 saturated carbocycles. The zero-order valence-electron chi connectivity index (χ0n) is 22.1. The van der Waals surface area contributed by atoms with E-state index >= 15 is 0 Å². The average Bonchev–Trinajstić information content (AvgIpc) is 2.69. The molecule has 1 rings (SSSR count). The Kier molecular flexibility index (Phi) is 10.2. The van der Waals surface area contributed by atoms with E-state index in [0.717, 1.165) is 12.8 Å². The van der Waals surface area contributed by atoms with Crippen LogP contribution in [-0.2, 0) is 14.3 Å². The van der Waals surface area contributed by atoms with E-state index in [9.17, 15) is 14.4 Å². The number of amides is 3. The molecule has 0 spiro atoms. The van der Waals surface area contributed by atoms with Crippen molar-refractivity contribution >= 4 is 17.9 Å². The van der Waals surface area contributed by atoms with E-state index in [0.29, 0.717) is 11.1 Å². The highest BCUT2D eigenvalue weighted by Crippen LogP contribution is 2.30. The van der Waals surface area contributed by atoms with Gasteiger partial charge >= 0.3 is 6.09 Å². The minimum absolute atomic E-state index is 0.0563. The maximum Gasteiger partial charge on any atom is 0.408 e. The quantitative estimate of drug-likeness (QED) is 0.544. The average molecular weight is 472 g/mol. The molecule has 0 aromatic heterocycles. The molecule has 0 saturated heterocycles. The number of alkyl carbamates (subject to hydrolysis) is 1. The van der Waals surface area contributed by atoms with Crippen LogP contribution >= 0.6 is 0 Å². The van der Waals surface area contributed by atoms with Gasteiger partial charge in [-0.1, -0.05) is 31.4 Å². The molecule has 2 N–H and O–H groups in total. The van der Waals surface area contributed by atoms with E-state index in [1.165, 1.54) is 4.90 Å². The molecule has 1 aromatic carbocycles. The summed E-state index contributed by atoms with van der Waals surface area (Å²) in [6.07, 6.45) is 6.53. The molecule has 7 heteroatoms. The first-order valence-corrected chi connectivity index (χ1v) is 11.8. The molecular weight excluding hydrogens is 430 g/mol. The Bertz CT molecular complexity index is 888. The lowest BCUT2D eigenvalue weighted by molar-refractivity contribution is -0.148. The summed E-state index contributed by atoms with van der Waals surface area (Å²) in [6.45, 7) is 16.4. The molecule has 0 fully saturated rings. The number of hydrogen-bond donors (Lipinski definition) is 2. The van der Waals surface area contributed by atoms with Crippen LogP contribution in [0.5, 0.6) is 0 Å². The van der Waals surface area contributed by atoms with Crippen molar-refractivity contribution in [1.29, 1.82) is 0 Å². The van der Waals surface area contributed by atoms with Gasteiger partial charge in [-0.25, -0.2) is 4.79 Å². The molecule has 1 aromatic rings. The highest BCUT2D eigenvalue weighted by atomic mass is 16.6. The molecule has 0 aliphatic heterocycles. The van der Waals surface area contributed by atoms with Gasteiger partial charge < -0.3 is 20.3 Å². The number of ether oxygens (including phenoxy) is 1. The summed E-state index contributed by atoms with van der Waals surface area (Å²) >= 11 is 0. The fourth-order valence-electron chi connectivity index (χ4n) is 3.61. The molecule has 0 radical (unpaired) electrons. The van der Waals surface area contributed by atoms with Gasteiger partial charge in [0.05, 0.1) is 0 Å². The van der Waals surface area contributed by atoms with E-state index < -0.39 is 35.2 Å². The van der Waals surface area contributed by atoms with Crippen molar-refractivity contribution in [2.75, 3.05) is 0 Å². The normalized spacial score (nSPS) is 14.2. The SMILES string of the molecule is C#Cc1ccc(C(C(=O)NC(C)CCC)N(C(=O)C(C)NC(=O)OC(C)(C)C)C(C)(C)C)cc1. The van der Waals surface area contributed by atoms with Gasteiger partial charge in [0.15, 0.2) is 0 Å². The lowest BCUT2D eigenvalue weighted by Crippen LogP contribution is -2.58. The van der Waals surface area contributed by atoms with Crippen LogP contribution in [0.15, 0.2) is 24.3 Å². The maximum atomic E-state index is 13.7. The van der Waals surface area contributed by atoms with E-state index in [2.05, 4.69) is 16.6 Å². The number of hydrogen-bond acceptors (Lipinski definition) is 4. The molecule has 0 aliphatic rings. The van der Waals surface area contributed by atoms with Gasteiger partial charge in [-0.3, -0.25) is 9.59 Å². The molecule has 0 heterocycles. The second kappa shape index (κ2) is 11.9. The minimum atomic E-state index is -0.915. The van der Waals surface area contributed by atoms with Crippen LogP contribution in [0.2, 0.25) is 0 Å². The monoisotopic (exact) mass is 471 g/mol. The Morgan fingerprint density at radius 1 is 1.03 bits per heavy atom. The first-order valence-electron chi connectivity index (χ1n) is 11.8. The summed E-state index contributed by atoms with van der Waals surface area (Å²) in [4.78, 5) is 41.1. The van der Waals surface area contributed by atoms with Gasteiger partial charge in [0.25, 0.3) is 0 Å². The second-order valence-electron chi connectivity index (χ2n) is 10.6. The number of carbonyl (C=O) groups excluding carboxylic acids is 3. The highest BCUT2D eigenvalue weighted by Gasteiger charge is 2.41. The number of benzene rings is 1. The van der Waals surface area contributed by atoms with Gasteiger partial charge in [-0.2, -0.15) is 0 Å². The third kappa shape index (κ3) is 8.74. The summed E-state index contributed by atoms with van der Waals surface area (Å²) in [7, 11) is 0. The van der Waals surface area contributed by atoms with Crippen LogP contribution in [-0.4, -0.2) is 46.0 Å². The van der Waals surface area contributed by atoms with Gasteiger partial charge in [-0.05, 0) is 79.5 Å².